The van der Waals surface area contributed by atoms with Crippen molar-refractivity contribution in [2.45, 2.75) is 78.1 Å². The van der Waals surface area contributed by atoms with Crippen molar-refractivity contribution in [1.29, 1.82) is 0 Å². The third-order valence-corrected chi connectivity index (χ3v) is 8.56. The summed E-state index contributed by atoms with van der Waals surface area (Å²) >= 11 is 0. The van der Waals surface area contributed by atoms with Crippen molar-refractivity contribution in [3.63, 3.8) is 0 Å². The van der Waals surface area contributed by atoms with Crippen LogP contribution < -0.4 is 10.4 Å². The average molecular weight is 570 g/mol. The smallest absolute Gasteiger partial charge is 0.456 e. The van der Waals surface area contributed by atoms with Crippen molar-refractivity contribution in [2.75, 3.05) is 18.6 Å². The van der Waals surface area contributed by atoms with Gasteiger partial charge in [-0.25, -0.2) is 9.59 Å². The Morgan fingerprint density at radius 1 is 0.905 bits per heavy atom. The van der Waals surface area contributed by atoms with E-state index in [1.165, 1.54) is 4.90 Å². The molecule has 7 nitrogen and oxygen atoms in total. The van der Waals surface area contributed by atoms with Gasteiger partial charge in [-0.3, -0.25) is 4.90 Å². The maximum absolute atomic E-state index is 13.5. The first kappa shape index (κ1) is 29.9. The SMILES string of the molecule is Cc1c(B2OC(C)(C)C(C)(C)O2)cc(N(C)C(=O)OCC2c3ccccc3-c3ccccc32)cc1C(=O)OC(C)(C)C. The van der Waals surface area contributed by atoms with Crippen LogP contribution in [-0.2, 0) is 18.8 Å². The molecule has 0 atom stereocenters. The molecule has 0 radical (unpaired) electrons. The van der Waals surface area contributed by atoms with Gasteiger partial charge in [0.2, 0.25) is 0 Å². The summed E-state index contributed by atoms with van der Waals surface area (Å²) in [6.07, 6.45) is -0.532. The third kappa shape index (κ3) is 5.46. The highest BCUT2D eigenvalue weighted by Gasteiger charge is 2.52. The molecule has 3 aromatic rings. The van der Waals surface area contributed by atoms with E-state index in [9.17, 15) is 9.59 Å². The molecule has 1 fully saturated rings. The van der Waals surface area contributed by atoms with Crippen molar-refractivity contribution in [2.24, 2.45) is 0 Å². The fourth-order valence-electron chi connectivity index (χ4n) is 5.47. The normalized spacial score (nSPS) is 17.0. The van der Waals surface area contributed by atoms with Crippen molar-refractivity contribution in [1.82, 2.24) is 0 Å². The fraction of sp³-hybridized carbons (Fsp3) is 0.412. The molecule has 3 aromatic carbocycles. The Hall–Kier alpha value is -3.62. The van der Waals surface area contributed by atoms with Crippen LogP contribution in [0.2, 0.25) is 0 Å². The summed E-state index contributed by atoms with van der Waals surface area (Å²) in [5.74, 6) is -0.550. The lowest BCUT2D eigenvalue weighted by molar-refractivity contribution is 0.00578. The van der Waals surface area contributed by atoms with E-state index in [1.807, 2.05) is 85.7 Å². The quantitative estimate of drug-likeness (QED) is 0.254. The highest BCUT2D eigenvalue weighted by molar-refractivity contribution is 6.63. The first-order valence-corrected chi connectivity index (χ1v) is 14.4. The highest BCUT2D eigenvalue weighted by atomic mass is 16.7. The third-order valence-electron chi connectivity index (χ3n) is 8.56. The molecule has 0 bridgehead atoms. The zero-order chi connectivity index (χ0) is 30.6. The van der Waals surface area contributed by atoms with Gasteiger partial charge in [-0.15, -0.1) is 0 Å². The lowest BCUT2D eigenvalue weighted by Crippen LogP contribution is -2.41. The number of hydrogen-bond donors (Lipinski definition) is 0. The van der Waals surface area contributed by atoms with Crippen LogP contribution in [0.4, 0.5) is 10.5 Å². The van der Waals surface area contributed by atoms with Gasteiger partial charge in [0.15, 0.2) is 0 Å². The molecule has 5 rings (SSSR count). The summed E-state index contributed by atoms with van der Waals surface area (Å²) < 4.78 is 24.3. The lowest BCUT2D eigenvalue weighted by atomic mass is 9.74. The predicted octanol–water partition coefficient (Wildman–Crippen LogP) is 6.63. The molecule has 220 valence electrons. The van der Waals surface area contributed by atoms with Crippen molar-refractivity contribution in [3.8, 4) is 11.1 Å². The summed E-state index contributed by atoms with van der Waals surface area (Å²) in [5, 5.41) is 0. The van der Waals surface area contributed by atoms with E-state index >= 15 is 0 Å². The summed E-state index contributed by atoms with van der Waals surface area (Å²) in [4.78, 5) is 28.2. The Morgan fingerprint density at radius 3 is 1.95 bits per heavy atom. The Balaban J connectivity index is 1.44. The maximum Gasteiger partial charge on any atom is 0.495 e. The second kappa shape index (κ2) is 10.6. The lowest BCUT2D eigenvalue weighted by Gasteiger charge is -2.32. The van der Waals surface area contributed by atoms with Gasteiger partial charge in [0.25, 0.3) is 0 Å². The molecule has 1 aliphatic heterocycles. The first-order valence-electron chi connectivity index (χ1n) is 14.4. The van der Waals surface area contributed by atoms with Crippen LogP contribution in [0.1, 0.15) is 81.4 Å². The Kier molecular flexibility index (Phi) is 7.52. The highest BCUT2D eigenvalue weighted by Crippen LogP contribution is 2.44. The molecule has 0 saturated carbocycles. The zero-order valence-corrected chi connectivity index (χ0v) is 26.0. The summed E-state index contributed by atoms with van der Waals surface area (Å²) in [6.45, 7) is 15.4. The maximum atomic E-state index is 13.5. The number of anilines is 1. The molecule has 2 aliphatic rings. The van der Waals surface area contributed by atoms with Gasteiger partial charge in [-0.1, -0.05) is 48.5 Å². The van der Waals surface area contributed by atoms with Gasteiger partial charge < -0.3 is 18.8 Å². The number of carbonyl (C=O) groups excluding carboxylic acids is 2. The van der Waals surface area contributed by atoms with Gasteiger partial charge in [0.05, 0.1) is 16.8 Å². The number of benzene rings is 3. The molecule has 1 heterocycles. The van der Waals surface area contributed by atoms with Gasteiger partial charge in [-0.05, 0) is 101 Å². The predicted molar refractivity (Wildman–Crippen MR) is 166 cm³/mol. The second-order valence-corrected chi connectivity index (χ2v) is 13.2. The van der Waals surface area contributed by atoms with Gasteiger partial charge in [0, 0.05) is 18.7 Å². The number of carbonyl (C=O) groups is 2. The fourth-order valence-corrected chi connectivity index (χ4v) is 5.47. The van der Waals surface area contributed by atoms with E-state index in [-0.39, 0.29) is 12.5 Å². The van der Waals surface area contributed by atoms with E-state index < -0.39 is 36.0 Å². The number of nitrogens with zero attached hydrogens (tertiary/aromatic N) is 1. The van der Waals surface area contributed by atoms with Gasteiger partial charge >= 0.3 is 19.2 Å². The van der Waals surface area contributed by atoms with Crippen LogP contribution in [0.5, 0.6) is 0 Å². The van der Waals surface area contributed by atoms with Crippen LogP contribution in [0.3, 0.4) is 0 Å². The van der Waals surface area contributed by atoms with Crippen LogP contribution in [0, 0.1) is 6.92 Å². The van der Waals surface area contributed by atoms with Crippen LogP contribution in [-0.4, -0.2) is 49.6 Å². The molecular formula is C34H40BNO6. The van der Waals surface area contributed by atoms with Crippen LogP contribution >= 0.6 is 0 Å². The largest absolute Gasteiger partial charge is 0.495 e. The van der Waals surface area contributed by atoms with E-state index in [2.05, 4.69) is 24.3 Å². The molecule has 1 saturated heterocycles. The number of amides is 1. The molecule has 0 unspecified atom stereocenters. The summed E-state index contributed by atoms with van der Waals surface area (Å²) in [5.41, 5.74) is 4.90. The number of ether oxygens (including phenoxy) is 2. The van der Waals surface area contributed by atoms with Crippen molar-refractivity contribution in [3.05, 3.63) is 82.9 Å². The molecular weight excluding hydrogens is 529 g/mol. The van der Waals surface area contributed by atoms with Crippen LogP contribution in [0.15, 0.2) is 60.7 Å². The minimum absolute atomic E-state index is 0.0644. The second-order valence-electron chi connectivity index (χ2n) is 13.2. The first-order chi connectivity index (χ1) is 19.6. The van der Waals surface area contributed by atoms with E-state index in [4.69, 9.17) is 18.8 Å². The topological polar surface area (TPSA) is 74.3 Å². The van der Waals surface area contributed by atoms with Crippen molar-refractivity contribution >= 4 is 30.3 Å². The molecule has 1 amide bonds. The number of fused-ring (bicyclic) bond motifs is 3. The monoisotopic (exact) mass is 569 g/mol. The molecule has 1 aliphatic carbocycles. The van der Waals surface area contributed by atoms with Crippen LogP contribution in [0.25, 0.3) is 11.1 Å². The Morgan fingerprint density at radius 2 is 1.43 bits per heavy atom. The van der Waals surface area contributed by atoms with Gasteiger partial charge in [-0.2, -0.15) is 0 Å². The number of hydrogen-bond acceptors (Lipinski definition) is 6. The number of rotatable bonds is 5. The van der Waals surface area contributed by atoms with Crippen molar-refractivity contribution < 1.29 is 28.4 Å². The summed E-state index contributed by atoms with van der Waals surface area (Å²) in [7, 11) is 0.906. The molecule has 8 heteroatoms. The minimum Gasteiger partial charge on any atom is -0.456 e. The zero-order valence-electron chi connectivity index (χ0n) is 26.0. The minimum atomic E-state index is -0.730. The van der Waals surface area contributed by atoms with E-state index in [0.29, 0.717) is 22.3 Å². The number of esters is 1. The molecule has 0 aromatic heterocycles. The Bertz CT molecular complexity index is 1480. The van der Waals surface area contributed by atoms with Gasteiger partial charge in [0.1, 0.15) is 12.2 Å². The standard InChI is InChI=1S/C34H40BNO6/c1-21-27(30(37)40-32(2,3)4)18-22(19-29(21)35-41-33(5,6)34(7,8)42-35)36(9)31(38)39-20-28-25-16-12-10-14-23(25)24-15-11-13-17-26(24)28/h10-19,28H,20H2,1-9H3. The Labute approximate surface area is 249 Å². The van der Waals surface area contributed by atoms with E-state index in [0.717, 1.165) is 22.3 Å². The van der Waals surface area contributed by atoms with E-state index in [1.54, 1.807) is 13.1 Å². The molecule has 42 heavy (non-hydrogen) atoms. The molecule has 0 spiro atoms. The summed E-state index contributed by atoms with van der Waals surface area (Å²) in [6, 6.07) is 19.9. The molecule has 0 N–H and O–H groups in total. The average Bonchev–Trinajstić information content (AvgIpc) is 3.34.